The number of methoxy groups -OCH3 is 1. The molecule has 1 aliphatic heterocycles. The van der Waals surface area contributed by atoms with Crippen LogP contribution in [0.25, 0.3) is 16.6 Å². The van der Waals surface area contributed by atoms with Gasteiger partial charge in [0.15, 0.2) is 5.16 Å². The van der Waals surface area contributed by atoms with Crippen molar-refractivity contribution in [2.24, 2.45) is 0 Å². The number of thioether (sulfide) groups is 1. The molecule has 1 aromatic heterocycles. The van der Waals surface area contributed by atoms with Crippen molar-refractivity contribution in [3.05, 3.63) is 88.7 Å². The van der Waals surface area contributed by atoms with Gasteiger partial charge in [0, 0.05) is 17.8 Å². The molecular formula is C27H25N3O3S. The van der Waals surface area contributed by atoms with Crippen molar-refractivity contribution in [1.82, 2.24) is 9.55 Å². The highest BCUT2D eigenvalue weighted by atomic mass is 32.2. The van der Waals surface area contributed by atoms with Gasteiger partial charge in [0.1, 0.15) is 5.75 Å². The Morgan fingerprint density at radius 1 is 1.09 bits per heavy atom. The molecule has 1 aliphatic rings. The minimum Gasteiger partial charge on any atom is -0.497 e. The Labute approximate surface area is 202 Å². The van der Waals surface area contributed by atoms with Crippen molar-refractivity contribution in [2.75, 3.05) is 12.0 Å². The van der Waals surface area contributed by atoms with Gasteiger partial charge in [-0.05, 0) is 56.2 Å². The van der Waals surface area contributed by atoms with Gasteiger partial charge in [0.05, 0.1) is 29.0 Å². The lowest BCUT2D eigenvalue weighted by molar-refractivity contribution is -0.118. The summed E-state index contributed by atoms with van der Waals surface area (Å²) in [7, 11) is 1.59. The molecule has 0 aliphatic carbocycles. The number of aromatic nitrogens is 2. The van der Waals surface area contributed by atoms with E-state index >= 15 is 0 Å². The lowest BCUT2D eigenvalue weighted by Gasteiger charge is -2.26. The van der Waals surface area contributed by atoms with Crippen LogP contribution >= 0.6 is 11.8 Å². The molecule has 0 unspecified atom stereocenters. The van der Waals surface area contributed by atoms with Gasteiger partial charge in [0.25, 0.3) is 5.56 Å². The minimum absolute atomic E-state index is 0.00190. The van der Waals surface area contributed by atoms with Gasteiger partial charge in [-0.15, -0.1) is 0 Å². The molecule has 4 aromatic rings. The first kappa shape index (κ1) is 22.2. The van der Waals surface area contributed by atoms with Gasteiger partial charge in [0.2, 0.25) is 5.91 Å². The molecule has 2 atom stereocenters. The molecule has 7 heteroatoms. The van der Waals surface area contributed by atoms with Gasteiger partial charge in [-0.2, -0.15) is 0 Å². The molecule has 3 aromatic carbocycles. The quantitative estimate of drug-likeness (QED) is 0.307. The van der Waals surface area contributed by atoms with Crippen molar-refractivity contribution >= 4 is 34.3 Å². The summed E-state index contributed by atoms with van der Waals surface area (Å²) >= 11 is 1.30. The van der Waals surface area contributed by atoms with Crippen molar-refractivity contribution in [3.8, 4) is 11.4 Å². The molecule has 0 fully saturated rings. The second-order valence-electron chi connectivity index (χ2n) is 8.40. The predicted octanol–water partition coefficient (Wildman–Crippen LogP) is 4.85. The summed E-state index contributed by atoms with van der Waals surface area (Å²) in [6.07, 6.45) is 0.835. The van der Waals surface area contributed by atoms with Crippen LogP contribution in [0.2, 0.25) is 0 Å². The average Bonchev–Trinajstić information content (AvgIpc) is 3.19. The molecular weight excluding hydrogens is 446 g/mol. The second kappa shape index (κ2) is 8.99. The summed E-state index contributed by atoms with van der Waals surface area (Å²) in [5.74, 6) is 0.641. The number of carbonyl (C=O) groups is 1. The van der Waals surface area contributed by atoms with E-state index in [2.05, 4.69) is 13.0 Å². The molecule has 0 bridgehead atoms. The number of carbonyl (C=O) groups excluding carboxylic acids is 1. The van der Waals surface area contributed by atoms with E-state index in [0.29, 0.717) is 27.5 Å². The van der Waals surface area contributed by atoms with Crippen LogP contribution < -0.4 is 15.2 Å². The smallest absolute Gasteiger partial charge is 0.266 e. The third-order valence-electron chi connectivity index (χ3n) is 6.13. The highest BCUT2D eigenvalue weighted by Gasteiger charge is 2.34. The SMILES string of the molecule is COc1cccc(-n2c(S[C@H](C)C(=O)N3c4ccccc4C[C@@H]3C)nc3ccccc3c2=O)c1. The van der Waals surface area contributed by atoms with Crippen molar-refractivity contribution in [3.63, 3.8) is 0 Å². The van der Waals surface area contributed by atoms with E-state index in [-0.39, 0.29) is 17.5 Å². The molecule has 6 nitrogen and oxygen atoms in total. The van der Waals surface area contributed by atoms with Crippen LogP contribution in [0.5, 0.6) is 5.75 Å². The van der Waals surface area contributed by atoms with Crippen LogP contribution in [0.15, 0.2) is 82.7 Å². The molecule has 5 rings (SSSR count). The summed E-state index contributed by atoms with van der Waals surface area (Å²) in [5, 5.41) is 0.548. The zero-order valence-corrected chi connectivity index (χ0v) is 20.1. The van der Waals surface area contributed by atoms with Gasteiger partial charge < -0.3 is 9.64 Å². The molecule has 0 saturated carbocycles. The molecule has 0 spiro atoms. The summed E-state index contributed by atoms with van der Waals surface area (Å²) in [6.45, 7) is 3.94. The number of hydrogen-bond acceptors (Lipinski definition) is 5. The molecule has 0 saturated heterocycles. The predicted molar refractivity (Wildman–Crippen MR) is 136 cm³/mol. The van der Waals surface area contributed by atoms with E-state index in [4.69, 9.17) is 9.72 Å². The maximum Gasteiger partial charge on any atom is 0.266 e. The third-order valence-corrected chi connectivity index (χ3v) is 7.17. The zero-order valence-electron chi connectivity index (χ0n) is 19.3. The van der Waals surface area contributed by atoms with Crippen LogP contribution in [0, 0.1) is 0 Å². The number of rotatable bonds is 5. The zero-order chi connectivity index (χ0) is 23.8. The van der Waals surface area contributed by atoms with E-state index in [1.54, 1.807) is 23.8 Å². The number of ether oxygens (including phenoxy) is 1. The Morgan fingerprint density at radius 2 is 1.85 bits per heavy atom. The second-order valence-corrected chi connectivity index (χ2v) is 9.71. The Balaban J connectivity index is 1.57. The molecule has 2 heterocycles. The lowest BCUT2D eigenvalue weighted by Crippen LogP contribution is -2.40. The highest BCUT2D eigenvalue weighted by Crippen LogP contribution is 2.35. The molecule has 0 radical (unpaired) electrons. The van der Waals surface area contributed by atoms with Gasteiger partial charge in [-0.3, -0.25) is 14.2 Å². The Morgan fingerprint density at radius 3 is 2.68 bits per heavy atom. The first-order valence-corrected chi connectivity index (χ1v) is 12.1. The highest BCUT2D eigenvalue weighted by molar-refractivity contribution is 8.00. The van der Waals surface area contributed by atoms with E-state index in [1.165, 1.54) is 17.3 Å². The maximum atomic E-state index is 13.6. The molecule has 1 amide bonds. The van der Waals surface area contributed by atoms with Gasteiger partial charge in [-0.1, -0.05) is 48.2 Å². The normalized spacial score (nSPS) is 15.9. The lowest BCUT2D eigenvalue weighted by atomic mass is 10.1. The maximum absolute atomic E-state index is 13.6. The minimum atomic E-state index is -0.446. The number of amides is 1. The monoisotopic (exact) mass is 471 g/mol. The average molecular weight is 472 g/mol. The van der Waals surface area contributed by atoms with E-state index in [9.17, 15) is 9.59 Å². The van der Waals surface area contributed by atoms with Crippen molar-refractivity contribution < 1.29 is 9.53 Å². The fourth-order valence-corrected chi connectivity index (χ4v) is 5.45. The number of para-hydroxylation sites is 2. The van der Waals surface area contributed by atoms with Gasteiger partial charge >= 0.3 is 0 Å². The number of anilines is 1. The largest absolute Gasteiger partial charge is 0.497 e. The van der Waals surface area contributed by atoms with E-state index in [0.717, 1.165) is 12.1 Å². The summed E-state index contributed by atoms with van der Waals surface area (Å²) in [4.78, 5) is 33.8. The van der Waals surface area contributed by atoms with Crippen molar-refractivity contribution in [1.29, 1.82) is 0 Å². The third kappa shape index (κ3) is 3.86. The van der Waals surface area contributed by atoms with E-state index < -0.39 is 5.25 Å². The first-order valence-electron chi connectivity index (χ1n) is 11.2. The van der Waals surface area contributed by atoms with Gasteiger partial charge in [-0.25, -0.2) is 4.98 Å². The fourth-order valence-electron chi connectivity index (χ4n) is 4.47. The van der Waals surface area contributed by atoms with Crippen LogP contribution in [0.3, 0.4) is 0 Å². The topological polar surface area (TPSA) is 64.4 Å². The molecule has 34 heavy (non-hydrogen) atoms. The number of fused-ring (bicyclic) bond motifs is 2. The Kier molecular flexibility index (Phi) is 5.87. The number of nitrogens with zero attached hydrogens (tertiary/aromatic N) is 3. The summed E-state index contributed by atoms with van der Waals surface area (Å²) < 4.78 is 6.94. The summed E-state index contributed by atoms with van der Waals surface area (Å²) in [5.41, 5.74) is 3.21. The van der Waals surface area contributed by atoms with Crippen LogP contribution in [0.4, 0.5) is 5.69 Å². The first-order chi connectivity index (χ1) is 16.5. The number of benzene rings is 3. The Hall–Kier alpha value is -3.58. The van der Waals surface area contributed by atoms with Crippen molar-refractivity contribution in [2.45, 2.75) is 36.7 Å². The van der Waals surface area contributed by atoms with E-state index in [1.807, 2.05) is 66.4 Å². The number of hydrogen-bond donors (Lipinski definition) is 0. The van der Waals surface area contributed by atoms with Crippen LogP contribution in [0.1, 0.15) is 19.4 Å². The van der Waals surface area contributed by atoms with Crippen LogP contribution in [-0.2, 0) is 11.2 Å². The standard InChI is InChI=1S/C27H25N3O3S/c1-17-15-19-9-4-7-14-24(19)29(17)25(31)18(2)34-27-28-23-13-6-5-12-22(23)26(32)30(27)20-10-8-11-21(16-20)33-3/h4-14,16-18H,15H2,1-3H3/t17-,18+/m0/s1. The molecule has 0 N–H and O–H groups in total. The Bertz CT molecular complexity index is 1450. The summed E-state index contributed by atoms with van der Waals surface area (Å²) in [6, 6.07) is 22.7. The van der Waals surface area contributed by atoms with Crippen LogP contribution in [-0.4, -0.2) is 33.9 Å². The molecule has 172 valence electrons. The fraction of sp³-hybridized carbons (Fsp3) is 0.222.